The fourth-order valence-corrected chi connectivity index (χ4v) is 4.26. The topological polar surface area (TPSA) is 46.3 Å². The quantitative estimate of drug-likeness (QED) is 0.689. The number of hydrogen-bond acceptors (Lipinski definition) is 4. The Kier molecular flexibility index (Phi) is 3.88. The van der Waals surface area contributed by atoms with E-state index < -0.39 is 0 Å². The lowest BCUT2D eigenvalue weighted by molar-refractivity contribution is 0.0704. The summed E-state index contributed by atoms with van der Waals surface area (Å²) in [5, 5.41) is 0. The van der Waals surface area contributed by atoms with Crippen molar-refractivity contribution in [2.75, 3.05) is 13.1 Å². The standard InChI is InChI=1S/C19H20N2O2S/c1-12-10-17(24-13(12)2)19(22)21-9-5-6-14(11-21)18-20-15-7-3-4-8-16(15)23-18/h3-4,7-8,10,14H,5-6,9,11H2,1-2H3/t14-/m0/s1. The number of carbonyl (C=O) groups excluding carboxylic acids is 1. The summed E-state index contributed by atoms with van der Waals surface area (Å²) in [6.45, 7) is 5.61. The van der Waals surface area contributed by atoms with Crippen LogP contribution in [0.4, 0.5) is 0 Å². The minimum absolute atomic E-state index is 0.136. The van der Waals surface area contributed by atoms with E-state index in [4.69, 9.17) is 4.42 Å². The normalized spacial score (nSPS) is 18.2. The highest BCUT2D eigenvalue weighted by molar-refractivity contribution is 7.14. The molecule has 0 saturated carbocycles. The number of hydrogen-bond donors (Lipinski definition) is 0. The maximum Gasteiger partial charge on any atom is 0.263 e. The molecule has 0 unspecified atom stereocenters. The maximum atomic E-state index is 12.8. The smallest absolute Gasteiger partial charge is 0.263 e. The molecule has 4 nitrogen and oxygen atoms in total. The molecule has 3 aromatic rings. The summed E-state index contributed by atoms with van der Waals surface area (Å²) in [6.07, 6.45) is 2.00. The Morgan fingerprint density at radius 3 is 2.92 bits per heavy atom. The van der Waals surface area contributed by atoms with Crippen LogP contribution < -0.4 is 0 Å². The zero-order chi connectivity index (χ0) is 16.7. The lowest BCUT2D eigenvalue weighted by Gasteiger charge is -2.31. The van der Waals surface area contributed by atoms with Gasteiger partial charge in [0.25, 0.3) is 5.91 Å². The first kappa shape index (κ1) is 15.4. The van der Waals surface area contributed by atoms with Crippen LogP contribution in [0.25, 0.3) is 11.1 Å². The zero-order valence-electron chi connectivity index (χ0n) is 13.9. The minimum Gasteiger partial charge on any atom is -0.440 e. The molecular weight excluding hydrogens is 320 g/mol. The van der Waals surface area contributed by atoms with Crippen molar-refractivity contribution in [3.05, 3.63) is 51.5 Å². The van der Waals surface area contributed by atoms with Gasteiger partial charge in [0.05, 0.1) is 10.8 Å². The van der Waals surface area contributed by atoms with Crippen molar-refractivity contribution < 1.29 is 9.21 Å². The molecule has 0 aliphatic carbocycles. The fraction of sp³-hybridized carbons (Fsp3) is 0.368. The number of aromatic nitrogens is 1. The Labute approximate surface area is 145 Å². The van der Waals surface area contributed by atoms with Crippen LogP contribution in [0.1, 0.15) is 44.8 Å². The Morgan fingerprint density at radius 2 is 2.17 bits per heavy atom. The first-order valence-electron chi connectivity index (χ1n) is 8.33. The van der Waals surface area contributed by atoms with E-state index in [1.807, 2.05) is 35.2 Å². The number of para-hydroxylation sites is 2. The Bertz CT molecular complexity index is 843. The highest BCUT2D eigenvalue weighted by atomic mass is 32.1. The van der Waals surface area contributed by atoms with Crippen LogP contribution in [0, 0.1) is 13.8 Å². The van der Waals surface area contributed by atoms with Crippen LogP contribution in [0.3, 0.4) is 0 Å². The van der Waals surface area contributed by atoms with Crippen LogP contribution >= 0.6 is 11.3 Å². The highest BCUT2D eigenvalue weighted by Gasteiger charge is 2.29. The number of nitrogens with zero attached hydrogens (tertiary/aromatic N) is 2. The van der Waals surface area contributed by atoms with E-state index in [0.717, 1.165) is 41.3 Å². The molecule has 0 spiro atoms. The molecule has 2 aromatic heterocycles. The van der Waals surface area contributed by atoms with Gasteiger partial charge in [-0.25, -0.2) is 4.98 Å². The van der Waals surface area contributed by atoms with Gasteiger partial charge < -0.3 is 9.32 Å². The lowest BCUT2D eigenvalue weighted by atomic mass is 9.98. The van der Waals surface area contributed by atoms with E-state index >= 15 is 0 Å². The molecule has 124 valence electrons. The summed E-state index contributed by atoms with van der Waals surface area (Å²) in [6, 6.07) is 9.83. The van der Waals surface area contributed by atoms with Gasteiger partial charge in [0, 0.05) is 18.0 Å². The van der Waals surface area contributed by atoms with Gasteiger partial charge in [-0.2, -0.15) is 0 Å². The van der Waals surface area contributed by atoms with E-state index in [0.29, 0.717) is 6.54 Å². The van der Waals surface area contributed by atoms with Crippen LogP contribution in [-0.2, 0) is 0 Å². The van der Waals surface area contributed by atoms with Crippen molar-refractivity contribution in [2.45, 2.75) is 32.6 Å². The van der Waals surface area contributed by atoms with E-state index in [2.05, 4.69) is 18.8 Å². The molecule has 24 heavy (non-hydrogen) atoms. The number of aryl methyl sites for hydroxylation is 2. The van der Waals surface area contributed by atoms with Crippen molar-refractivity contribution >= 4 is 28.3 Å². The minimum atomic E-state index is 0.136. The third-order valence-electron chi connectivity index (χ3n) is 4.75. The van der Waals surface area contributed by atoms with Gasteiger partial charge in [-0.3, -0.25) is 4.79 Å². The predicted molar refractivity (Wildman–Crippen MR) is 95.7 cm³/mol. The second-order valence-electron chi connectivity index (χ2n) is 6.46. The van der Waals surface area contributed by atoms with Crippen LogP contribution in [0.5, 0.6) is 0 Å². The third-order valence-corrected chi connectivity index (χ3v) is 5.89. The van der Waals surface area contributed by atoms with Gasteiger partial charge in [0.15, 0.2) is 11.5 Å². The molecule has 0 radical (unpaired) electrons. The number of thiophene rings is 1. The Balaban J connectivity index is 1.55. The van der Waals surface area contributed by atoms with E-state index in [1.165, 1.54) is 10.4 Å². The van der Waals surface area contributed by atoms with Crippen molar-refractivity contribution in [3.8, 4) is 0 Å². The predicted octanol–water partition coefficient (Wildman–Crippen LogP) is 4.53. The molecule has 1 saturated heterocycles. The van der Waals surface area contributed by atoms with Crippen molar-refractivity contribution in [2.24, 2.45) is 0 Å². The Morgan fingerprint density at radius 1 is 1.33 bits per heavy atom. The van der Waals surface area contributed by atoms with Gasteiger partial charge in [0.1, 0.15) is 5.52 Å². The zero-order valence-corrected chi connectivity index (χ0v) is 14.7. The number of oxazole rings is 1. The molecule has 0 N–H and O–H groups in total. The van der Waals surface area contributed by atoms with Gasteiger partial charge in [-0.15, -0.1) is 11.3 Å². The Hall–Kier alpha value is -2.14. The molecule has 4 rings (SSSR count). The molecule has 3 heterocycles. The SMILES string of the molecule is Cc1cc(C(=O)N2CCC[C@H](c3nc4ccccc4o3)C2)sc1C. The summed E-state index contributed by atoms with van der Waals surface area (Å²) in [7, 11) is 0. The molecule has 1 aliphatic rings. The molecule has 1 fully saturated rings. The van der Waals surface area contributed by atoms with Gasteiger partial charge in [0.2, 0.25) is 0 Å². The van der Waals surface area contributed by atoms with Crippen molar-refractivity contribution in [3.63, 3.8) is 0 Å². The maximum absolute atomic E-state index is 12.8. The highest BCUT2D eigenvalue weighted by Crippen LogP contribution is 2.30. The van der Waals surface area contributed by atoms with E-state index in [1.54, 1.807) is 11.3 Å². The second kappa shape index (κ2) is 6.06. The summed E-state index contributed by atoms with van der Waals surface area (Å²) in [4.78, 5) is 21.4. The largest absolute Gasteiger partial charge is 0.440 e. The van der Waals surface area contributed by atoms with Gasteiger partial charge in [-0.1, -0.05) is 12.1 Å². The molecule has 0 bridgehead atoms. The van der Waals surface area contributed by atoms with Gasteiger partial charge in [-0.05, 0) is 50.5 Å². The second-order valence-corrected chi connectivity index (χ2v) is 7.72. The summed E-state index contributed by atoms with van der Waals surface area (Å²) in [5.41, 5.74) is 2.90. The number of fused-ring (bicyclic) bond motifs is 1. The molecule has 1 aliphatic heterocycles. The van der Waals surface area contributed by atoms with E-state index in [9.17, 15) is 4.79 Å². The number of benzene rings is 1. The first-order valence-corrected chi connectivity index (χ1v) is 9.15. The van der Waals surface area contributed by atoms with Crippen LogP contribution in [0.15, 0.2) is 34.7 Å². The molecular formula is C19H20N2O2S. The van der Waals surface area contributed by atoms with Crippen LogP contribution in [-0.4, -0.2) is 28.9 Å². The molecule has 1 amide bonds. The van der Waals surface area contributed by atoms with Crippen molar-refractivity contribution in [1.29, 1.82) is 0 Å². The number of carbonyl (C=O) groups is 1. The number of amides is 1. The molecule has 1 aromatic carbocycles. The fourth-order valence-electron chi connectivity index (χ4n) is 3.26. The van der Waals surface area contributed by atoms with Crippen LogP contribution in [0.2, 0.25) is 0 Å². The number of likely N-dealkylation sites (tertiary alicyclic amines) is 1. The van der Waals surface area contributed by atoms with Crippen molar-refractivity contribution in [1.82, 2.24) is 9.88 Å². The number of piperidine rings is 1. The average molecular weight is 340 g/mol. The lowest BCUT2D eigenvalue weighted by Crippen LogP contribution is -2.38. The van der Waals surface area contributed by atoms with Gasteiger partial charge >= 0.3 is 0 Å². The van der Waals surface area contributed by atoms with E-state index in [-0.39, 0.29) is 11.8 Å². The summed E-state index contributed by atoms with van der Waals surface area (Å²) >= 11 is 1.59. The molecule has 1 atom stereocenters. The third kappa shape index (κ3) is 2.73. The molecule has 5 heteroatoms. The summed E-state index contributed by atoms with van der Waals surface area (Å²) < 4.78 is 5.92. The number of rotatable bonds is 2. The summed E-state index contributed by atoms with van der Waals surface area (Å²) in [5.74, 6) is 1.07. The first-order chi connectivity index (χ1) is 11.6. The monoisotopic (exact) mass is 340 g/mol. The average Bonchev–Trinajstić information content (AvgIpc) is 3.18.